The van der Waals surface area contributed by atoms with Crippen LogP contribution < -0.4 is 4.74 Å². The fourth-order valence-electron chi connectivity index (χ4n) is 1.89. The smallest absolute Gasteiger partial charge is 0.119 e. The molecule has 0 aliphatic heterocycles. The molecule has 96 valence electrons. The molecule has 0 bridgehead atoms. The minimum atomic E-state index is 0.831. The minimum absolute atomic E-state index is 0.831. The van der Waals surface area contributed by atoms with Gasteiger partial charge in [0, 0.05) is 0 Å². The summed E-state index contributed by atoms with van der Waals surface area (Å²) in [5, 5.41) is 4.27. The first-order chi connectivity index (χ1) is 8.90. The molecule has 2 heteroatoms. The van der Waals surface area contributed by atoms with Gasteiger partial charge in [-0.1, -0.05) is 38.3 Å². The second-order valence-electron chi connectivity index (χ2n) is 4.45. The molecule has 1 aromatic heterocycles. The van der Waals surface area contributed by atoms with Crippen molar-refractivity contribution < 1.29 is 4.74 Å². The predicted octanol–water partition coefficient (Wildman–Crippen LogP) is 5.37. The summed E-state index contributed by atoms with van der Waals surface area (Å²) in [6.07, 6.45) is 5.00. The number of benzene rings is 1. The van der Waals surface area contributed by atoms with Gasteiger partial charge >= 0.3 is 0 Å². The highest BCUT2D eigenvalue weighted by molar-refractivity contribution is 7.08. The number of hydrogen-bond acceptors (Lipinski definition) is 2. The number of hydrogen-bond donors (Lipinski definition) is 0. The van der Waals surface area contributed by atoms with E-state index in [2.05, 4.69) is 48.0 Å². The Kier molecular flexibility index (Phi) is 5.28. The summed E-state index contributed by atoms with van der Waals surface area (Å²) in [5.74, 6) is 0.977. The molecule has 0 radical (unpaired) electrons. The Hall–Kier alpha value is -1.28. The maximum Gasteiger partial charge on any atom is 0.119 e. The molecule has 18 heavy (non-hydrogen) atoms. The Labute approximate surface area is 113 Å². The van der Waals surface area contributed by atoms with Gasteiger partial charge < -0.3 is 4.74 Å². The molecule has 1 heterocycles. The van der Waals surface area contributed by atoms with Crippen molar-refractivity contribution in [3.05, 3.63) is 41.1 Å². The highest BCUT2D eigenvalue weighted by atomic mass is 32.1. The number of unbranched alkanes of at least 4 members (excludes halogenated alkanes) is 3. The largest absolute Gasteiger partial charge is 0.494 e. The van der Waals surface area contributed by atoms with Crippen LogP contribution in [0.5, 0.6) is 5.75 Å². The van der Waals surface area contributed by atoms with E-state index in [1.165, 1.54) is 30.4 Å². The first-order valence-electron chi connectivity index (χ1n) is 6.65. The highest BCUT2D eigenvalue weighted by Gasteiger charge is 1.98. The average molecular weight is 260 g/mol. The van der Waals surface area contributed by atoms with Gasteiger partial charge in [0.2, 0.25) is 0 Å². The van der Waals surface area contributed by atoms with E-state index in [-0.39, 0.29) is 0 Å². The van der Waals surface area contributed by atoms with Crippen molar-refractivity contribution in [1.82, 2.24) is 0 Å². The van der Waals surface area contributed by atoms with Crippen molar-refractivity contribution in [1.29, 1.82) is 0 Å². The molecule has 0 N–H and O–H groups in total. The number of thiophene rings is 1. The van der Waals surface area contributed by atoms with Gasteiger partial charge in [0.05, 0.1) is 6.61 Å². The predicted molar refractivity (Wildman–Crippen MR) is 79.4 cm³/mol. The third-order valence-corrected chi connectivity index (χ3v) is 3.66. The van der Waals surface area contributed by atoms with Gasteiger partial charge in [-0.05, 0) is 46.5 Å². The van der Waals surface area contributed by atoms with E-state index in [4.69, 9.17) is 4.74 Å². The van der Waals surface area contributed by atoms with Crippen LogP contribution in [0.2, 0.25) is 0 Å². The fraction of sp³-hybridized carbons (Fsp3) is 0.375. The third-order valence-electron chi connectivity index (χ3n) is 2.98. The lowest BCUT2D eigenvalue weighted by Gasteiger charge is -2.06. The van der Waals surface area contributed by atoms with Gasteiger partial charge in [-0.3, -0.25) is 0 Å². The maximum absolute atomic E-state index is 5.73. The summed E-state index contributed by atoms with van der Waals surface area (Å²) in [6, 6.07) is 10.5. The zero-order valence-electron chi connectivity index (χ0n) is 10.9. The molecule has 0 aliphatic rings. The number of ether oxygens (including phenoxy) is 1. The van der Waals surface area contributed by atoms with Crippen molar-refractivity contribution in [3.8, 4) is 16.9 Å². The van der Waals surface area contributed by atoms with E-state index >= 15 is 0 Å². The molecule has 2 rings (SSSR count). The second kappa shape index (κ2) is 7.22. The van der Waals surface area contributed by atoms with Crippen LogP contribution >= 0.6 is 11.3 Å². The summed E-state index contributed by atoms with van der Waals surface area (Å²) in [6.45, 7) is 3.06. The van der Waals surface area contributed by atoms with E-state index in [9.17, 15) is 0 Å². The maximum atomic E-state index is 5.73. The van der Waals surface area contributed by atoms with E-state index in [0.29, 0.717) is 0 Å². The van der Waals surface area contributed by atoms with Crippen LogP contribution in [-0.2, 0) is 0 Å². The summed E-state index contributed by atoms with van der Waals surface area (Å²) >= 11 is 1.73. The Morgan fingerprint density at radius 1 is 0.944 bits per heavy atom. The van der Waals surface area contributed by atoms with Gasteiger partial charge in [0.15, 0.2) is 0 Å². The van der Waals surface area contributed by atoms with Gasteiger partial charge in [0.25, 0.3) is 0 Å². The standard InChI is InChI=1S/C16H20OS/c1-2-3-4-5-11-17-16-8-6-14(7-9-16)15-10-12-18-13-15/h6-10,12-13H,2-5,11H2,1H3. The number of rotatable bonds is 7. The van der Waals surface area contributed by atoms with Crippen LogP contribution in [0.25, 0.3) is 11.1 Å². The molecule has 0 aliphatic carbocycles. The third kappa shape index (κ3) is 3.88. The summed E-state index contributed by atoms with van der Waals surface area (Å²) in [7, 11) is 0. The van der Waals surface area contributed by atoms with Crippen LogP contribution in [0.3, 0.4) is 0 Å². The van der Waals surface area contributed by atoms with Crippen molar-refractivity contribution in [2.24, 2.45) is 0 Å². The average Bonchev–Trinajstić information content (AvgIpc) is 2.93. The van der Waals surface area contributed by atoms with Crippen LogP contribution in [0.4, 0.5) is 0 Å². The molecule has 0 saturated heterocycles. The van der Waals surface area contributed by atoms with Gasteiger partial charge in [-0.15, -0.1) is 0 Å². The molecule has 0 unspecified atom stereocenters. The van der Waals surface area contributed by atoms with Crippen LogP contribution in [-0.4, -0.2) is 6.61 Å². The van der Waals surface area contributed by atoms with Crippen molar-refractivity contribution in [2.75, 3.05) is 6.61 Å². The molecule has 1 aromatic carbocycles. The van der Waals surface area contributed by atoms with Gasteiger partial charge in [0.1, 0.15) is 5.75 Å². The van der Waals surface area contributed by atoms with E-state index < -0.39 is 0 Å². The Morgan fingerprint density at radius 2 is 1.78 bits per heavy atom. The van der Waals surface area contributed by atoms with Crippen molar-refractivity contribution >= 4 is 11.3 Å². The molecule has 0 atom stereocenters. The van der Waals surface area contributed by atoms with Gasteiger partial charge in [-0.2, -0.15) is 11.3 Å². The van der Waals surface area contributed by atoms with Crippen molar-refractivity contribution in [2.45, 2.75) is 32.6 Å². The highest BCUT2D eigenvalue weighted by Crippen LogP contribution is 2.24. The molecule has 2 aromatic rings. The van der Waals surface area contributed by atoms with Crippen LogP contribution in [0.1, 0.15) is 32.6 Å². The Balaban J connectivity index is 1.81. The molecular formula is C16H20OS. The first-order valence-corrected chi connectivity index (χ1v) is 7.60. The summed E-state index contributed by atoms with van der Waals surface area (Å²) in [4.78, 5) is 0. The molecular weight excluding hydrogens is 240 g/mol. The summed E-state index contributed by atoms with van der Waals surface area (Å²) < 4.78 is 5.73. The molecule has 1 nitrogen and oxygen atoms in total. The normalized spacial score (nSPS) is 10.5. The Bertz CT molecular complexity index is 431. The fourth-order valence-corrected chi connectivity index (χ4v) is 2.56. The second-order valence-corrected chi connectivity index (χ2v) is 5.23. The minimum Gasteiger partial charge on any atom is -0.494 e. The quantitative estimate of drug-likeness (QED) is 0.608. The topological polar surface area (TPSA) is 9.23 Å². The van der Waals surface area contributed by atoms with Gasteiger partial charge in [-0.25, -0.2) is 0 Å². The lowest BCUT2D eigenvalue weighted by molar-refractivity contribution is 0.305. The summed E-state index contributed by atoms with van der Waals surface area (Å²) in [5.41, 5.74) is 2.55. The van der Waals surface area contributed by atoms with E-state index in [1.807, 2.05) is 0 Å². The monoisotopic (exact) mass is 260 g/mol. The SMILES string of the molecule is CCCCCCOc1ccc(-c2ccsc2)cc1. The molecule has 0 amide bonds. The van der Waals surface area contributed by atoms with Crippen LogP contribution in [0.15, 0.2) is 41.1 Å². The van der Waals surface area contributed by atoms with Crippen molar-refractivity contribution in [3.63, 3.8) is 0 Å². The molecule has 0 fully saturated rings. The lowest BCUT2D eigenvalue weighted by Crippen LogP contribution is -1.96. The van der Waals surface area contributed by atoms with E-state index in [0.717, 1.165) is 18.8 Å². The first kappa shape index (κ1) is 13.2. The molecule has 0 spiro atoms. The molecule has 0 saturated carbocycles. The Morgan fingerprint density at radius 3 is 2.44 bits per heavy atom. The zero-order valence-corrected chi connectivity index (χ0v) is 11.7. The van der Waals surface area contributed by atoms with E-state index in [1.54, 1.807) is 11.3 Å². The van der Waals surface area contributed by atoms with Crippen LogP contribution in [0, 0.1) is 0 Å². The zero-order chi connectivity index (χ0) is 12.6. The lowest BCUT2D eigenvalue weighted by atomic mass is 10.1.